The Hall–Kier alpha value is -2.15. The first-order chi connectivity index (χ1) is 12.8. The maximum Gasteiger partial charge on any atom is 0.354 e. The largest absolute Gasteiger partial charge is 0.464 e. The molecule has 0 aliphatic heterocycles. The fourth-order valence-corrected chi connectivity index (χ4v) is 3.65. The molecule has 1 unspecified atom stereocenters. The lowest BCUT2D eigenvalue weighted by Gasteiger charge is -2.35. The number of aromatic nitrogens is 1. The number of ketones is 1. The summed E-state index contributed by atoms with van der Waals surface area (Å²) in [4.78, 5) is 39.9. The number of Topliss-reactive ketones (excluding diaryl/α,β-unsaturated/α-hetero) is 1. The van der Waals surface area contributed by atoms with Gasteiger partial charge in [0.1, 0.15) is 5.69 Å². The third kappa shape index (κ3) is 3.93. The van der Waals surface area contributed by atoms with Crippen molar-refractivity contribution >= 4 is 17.7 Å². The first-order valence-corrected chi connectivity index (χ1v) is 9.34. The Kier molecular flexibility index (Phi) is 6.81. The monoisotopic (exact) mass is 378 g/mol. The second-order valence-corrected chi connectivity index (χ2v) is 7.18. The molecule has 0 saturated heterocycles. The van der Waals surface area contributed by atoms with Crippen LogP contribution < -0.4 is 0 Å². The topological polar surface area (TPSA) is 77.8 Å². The van der Waals surface area contributed by atoms with Crippen molar-refractivity contribution in [2.24, 2.45) is 13.0 Å². The van der Waals surface area contributed by atoms with E-state index in [1.54, 1.807) is 44.4 Å². The molecule has 1 atom stereocenters. The maximum atomic E-state index is 13.3. The van der Waals surface area contributed by atoms with E-state index >= 15 is 0 Å². The van der Waals surface area contributed by atoms with Crippen LogP contribution in [0.4, 0.5) is 0 Å². The highest BCUT2D eigenvalue weighted by Crippen LogP contribution is 2.30. The van der Waals surface area contributed by atoms with E-state index in [9.17, 15) is 14.4 Å². The highest BCUT2D eigenvalue weighted by Gasteiger charge is 2.36. The number of hydrogen-bond acceptors (Lipinski definition) is 5. The summed E-state index contributed by atoms with van der Waals surface area (Å²) >= 11 is 0. The van der Waals surface area contributed by atoms with E-state index in [0.717, 1.165) is 19.3 Å². The van der Waals surface area contributed by atoms with Gasteiger partial charge in [-0.2, -0.15) is 0 Å². The Morgan fingerprint density at radius 3 is 2.33 bits per heavy atom. The van der Waals surface area contributed by atoms with E-state index in [2.05, 4.69) is 0 Å². The molecular formula is C20H30N2O5. The van der Waals surface area contributed by atoms with Crippen molar-refractivity contribution in [2.75, 3.05) is 27.4 Å². The van der Waals surface area contributed by atoms with Crippen molar-refractivity contribution < 1.29 is 23.9 Å². The third-order valence-corrected chi connectivity index (χ3v) is 5.68. The van der Waals surface area contributed by atoms with Gasteiger partial charge < -0.3 is 18.9 Å². The maximum absolute atomic E-state index is 13.3. The summed E-state index contributed by atoms with van der Waals surface area (Å²) < 4.78 is 11.7. The fraction of sp³-hybridized carbons (Fsp3) is 0.650. The number of methoxy groups -OCH3 is 2. The average molecular weight is 378 g/mol. The van der Waals surface area contributed by atoms with Crippen molar-refractivity contribution in [1.29, 1.82) is 0 Å². The van der Waals surface area contributed by atoms with Gasteiger partial charge in [-0.3, -0.25) is 9.59 Å². The Morgan fingerprint density at radius 1 is 1.22 bits per heavy atom. The SMILES string of the molecule is COCCN(C(=O)C1CCC1)C(C)C(=O)c1c(C)c(C(=O)OC)n(C)c1C. The third-order valence-electron chi connectivity index (χ3n) is 5.68. The molecule has 0 N–H and O–H groups in total. The van der Waals surface area contributed by atoms with Gasteiger partial charge in [-0.1, -0.05) is 6.42 Å². The molecule has 1 amide bonds. The van der Waals surface area contributed by atoms with Gasteiger partial charge in [0, 0.05) is 37.9 Å². The highest BCUT2D eigenvalue weighted by atomic mass is 16.5. The summed E-state index contributed by atoms with van der Waals surface area (Å²) in [5, 5.41) is 0. The minimum absolute atomic E-state index is 0.000651. The molecule has 1 heterocycles. The van der Waals surface area contributed by atoms with Gasteiger partial charge in [0.25, 0.3) is 0 Å². The van der Waals surface area contributed by atoms with Crippen LogP contribution in [0.3, 0.4) is 0 Å². The lowest BCUT2D eigenvalue weighted by molar-refractivity contribution is -0.140. The van der Waals surface area contributed by atoms with E-state index < -0.39 is 12.0 Å². The molecule has 1 fully saturated rings. The molecule has 27 heavy (non-hydrogen) atoms. The van der Waals surface area contributed by atoms with E-state index in [1.807, 2.05) is 0 Å². The molecule has 0 bridgehead atoms. The summed E-state index contributed by atoms with van der Waals surface area (Å²) in [7, 11) is 4.63. The van der Waals surface area contributed by atoms with Crippen LogP contribution in [0.1, 0.15) is 58.3 Å². The standard InChI is InChI=1S/C20H30N2O5/c1-12-16(13(2)21(4)17(12)20(25)27-6)18(23)14(3)22(10-11-26-5)19(24)15-8-7-9-15/h14-15H,7-11H2,1-6H3. The summed E-state index contributed by atoms with van der Waals surface area (Å²) in [6, 6.07) is -0.626. The number of nitrogens with zero attached hydrogens (tertiary/aromatic N) is 2. The van der Waals surface area contributed by atoms with Gasteiger partial charge in [-0.05, 0) is 39.2 Å². The number of carbonyl (C=O) groups excluding carboxylic acids is 3. The molecule has 7 heteroatoms. The van der Waals surface area contributed by atoms with Crippen LogP contribution in [-0.2, 0) is 21.3 Å². The first kappa shape index (κ1) is 21.2. The van der Waals surface area contributed by atoms with Crippen molar-refractivity contribution in [2.45, 2.75) is 46.1 Å². The van der Waals surface area contributed by atoms with Crippen LogP contribution in [0.2, 0.25) is 0 Å². The molecule has 1 aliphatic rings. The Morgan fingerprint density at radius 2 is 1.85 bits per heavy atom. The van der Waals surface area contributed by atoms with Crippen molar-refractivity contribution in [3.05, 3.63) is 22.5 Å². The zero-order chi connectivity index (χ0) is 20.3. The predicted octanol–water partition coefficient (Wildman–Crippen LogP) is 2.27. The van der Waals surface area contributed by atoms with Crippen molar-refractivity contribution in [3.63, 3.8) is 0 Å². The van der Waals surface area contributed by atoms with E-state index in [4.69, 9.17) is 9.47 Å². The normalized spacial score (nSPS) is 15.2. The highest BCUT2D eigenvalue weighted by molar-refractivity contribution is 6.06. The fourth-order valence-electron chi connectivity index (χ4n) is 3.65. The zero-order valence-electron chi connectivity index (χ0n) is 17.1. The summed E-state index contributed by atoms with van der Waals surface area (Å²) in [6.07, 6.45) is 2.80. The van der Waals surface area contributed by atoms with Crippen LogP contribution >= 0.6 is 0 Å². The second kappa shape index (κ2) is 8.69. The van der Waals surface area contributed by atoms with Gasteiger partial charge in [-0.15, -0.1) is 0 Å². The molecular weight excluding hydrogens is 348 g/mol. The van der Waals surface area contributed by atoms with E-state index in [-0.39, 0.29) is 17.6 Å². The van der Waals surface area contributed by atoms with Gasteiger partial charge in [0.2, 0.25) is 5.91 Å². The van der Waals surface area contributed by atoms with Gasteiger partial charge in [-0.25, -0.2) is 4.79 Å². The molecule has 0 spiro atoms. The van der Waals surface area contributed by atoms with E-state index in [1.165, 1.54) is 7.11 Å². The Labute approximate surface area is 160 Å². The lowest BCUT2D eigenvalue weighted by atomic mass is 9.84. The molecule has 1 aromatic rings. The van der Waals surface area contributed by atoms with Crippen LogP contribution in [-0.4, -0.2) is 60.5 Å². The molecule has 7 nitrogen and oxygen atoms in total. The van der Waals surface area contributed by atoms with Crippen molar-refractivity contribution in [3.8, 4) is 0 Å². The molecule has 0 radical (unpaired) electrons. The molecule has 1 saturated carbocycles. The molecule has 1 aromatic heterocycles. The lowest BCUT2D eigenvalue weighted by Crippen LogP contribution is -2.48. The van der Waals surface area contributed by atoms with Crippen molar-refractivity contribution in [1.82, 2.24) is 9.47 Å². The van der Waals surface area contributed by atoms with Gasteiger partial charge in [0.05, 0.1) is 19.8 Å². The zero-order valence-corrected chi connectivity index (χ0v) is 17.1. The minimum Gasteiger partial charge on any atom is -0.464 e. The number of ether oxygens (including phenoxy) is 2. The number of hydrogen-bond donors (Lipinski definition) is 0. The molecule has 150 valence electrons. The molecule has 0 aromatic carbocycles. The summed E-state index contributed by atoms with van der Waals surface area (Å²) in [5.74, 6) is -0.634. The first-order valence-electron chi connectivity index (χ1n) is 9.34. The smallest absolute Gasteiger partial charge is 0.354 e. The molecule has 2 rings (SSSR count). The minimum atomic E-state index is -0.626. The molecule has 1 aliphatic carbocycles. The number of amides is 1. The van der Waals surface area contributed by atoms with Crippen LogP contribution in [0.5, 0.6) is 0 Å². The number of esters is 1. The van der Waals surface area contributed by atoms with Gasteiger partial charge in [0.15, 0.2) is 5.78 Å². The second-order valence-electron chi connectivity index (χ2n) is 7.18. The summed E-state index contributed by atoms with van der Waals surface area (Å²) in [5.41, 5.74) is 2.11. The Bertz CT molecular complexity index is 733. The average Bonchev–Trinajstić information content (AvgIpc) is 2.81. The number of carbonyl (C=O) groups is 3. The van der Waals surface area contributed by atoms with Crippen LogP contribution in [0.25, 0.3) is 0 Å². The van der Waals surface area contributed by atoms with Crippen LogP contribution in [0.15, 0.2) is 0 Å². The quantitative estimate of drug-likeness (QED) is 0.512. The van der Waals surface area contributed by atoms with E-state index in [0.29, 0.717) is 35.7 Å². The Balaban J connectivity index is 2.36. The predicted molar refractivity (Wildman–Crippen MR) is 101 cm³/mol. The van der Waals surface area contributed by atoms with Gasteiger partial charge >= 0.3 is 5.97 Å². The van der Waals surface area contributed by atoms with Crippen LogP contribution in [0, 0.1) is 19.8 Å². The summed E-state index contributed by atoms with van der Waals surface area (Å²) in [6.45, 7) is 6.03. The number of rotatable bonds is 8.